The number of carbonyl (C=O) groups excluding carboxylic acids is 2. The monoisotopic (exact) mass is 246 g/mol. The molecule has 0 heterocycles. The van der Waals surface area contributed by atoms with Crippen LogP contribution in [-0.2, 0) is 23.8 Å². The summed E-state index contributed by atoms with van der Waals surface area (Å²) in [6.45, 7) is 6.96. The van der Waals surface area contributed by atoms with Crippen LogP contribution in [0.15, 0.2) is 0 Å². The molecule has 0 fully saturated rings. The van der Waals surface area contributed by atoms with E-state index < -0.39 is 23.8 Å². The molecule has 0 rings (SSSR count). The zero-order valence-electron chi connectivity index (χ0n) is 11.4. The lowest BCUT2D eigenvalue weighted by Crippen LogP contribution is -2.37. The van der Waals surface area contributed by atoms with Gasteiger partial charge in [-0.2, -0.15) is 0 Å². The molecule has 0 aromatic heterocycles. The highest BCUT2D eigenvalue weighted by molar-refractivity contribution is 5.98. The fourth-order valence-corrected chi connectivity index (χ4v) is 1.33. The lowest BCUT2D eigenvalue weighted by atomic mass is 10.1. The molecule has 0 N–H and O–H groups in total. The molecule has 0 amide bonds. The molecule has 0 aromatic carbocycles. The zero-order chi connectivity index (χ0) is 13.6. The van der Waals surface area contributed by atoms with E-state index in [2.05, 4.69) is 0 Å². The minimum Gasteiger partial charge on any atom is -0.460 e. The number of hydrogen-bond acceptors (Lipinski definition) is 5. The molecule has 0 saturated heterocycles. The van der Waals surface area contributed by atoms with Gasteiger partial charge in [0, 0.05) is 14.2 Å². The van der Waals surface area contributed by atoms with Crippen LogP contribution in [0.2, 0.25) is 0 Å². The third-order valence-electron chi connectivity index (χ3n) is 2.11. The van der Waals surface area contributed by atoms with E-state index in [0.717, 1.165) is 0 Å². The highest BCUT2D eigenvalue weighted by Gasteiger charge is 2.28. The van der Waals surface area contributed by atoms with Crippen molar-refractivity contribution in [3.8, 4) is 0 Å². The molecular formula is C12H22O5. The van der Waals surface area contributed by atoms with E-state index in [4.69, 9.17) is 14.2 Å². The van der Waals surface area contributed by atoms with Crippen molar-refractivity contribution in [2.45, 2.75) is 51.9 Å². The summed E-state index contributed by atoms with van der Waals surface area (Å²) in [5.74, 6) is -0.885. The number of ether oxygens (including phenoxy) is 3. The Morgan fingerprint density at radius 3 is 2.00 bits per heavy atom. The summed E-state index contributed by atoms with van der Waals surface area (Å²) >= 11 is 0. The Kier molecular flexibility index (Phi) is 6.34. The van der Waals surface area contributed by atoms with Crippen LogP contribution < -0.4 is 0 Å². The predicted molar refractivity (Wildman–Crippen MR) is 62.7 cm³/mol. The average Bonchev–Trinajstić information content (AvgIpc) is 2.15. The topological polar surface area (TPSA) is 61.8 Å². The maximum absolute atomic E-state index is 11.8. The molecule has 0 aliphatic carbocycles. The second kappa shape index (κ2) is 6.71. The van der Waals surface area contributed by atoms with Gasteiger partial charge in [0.2, 0.25) is 0 Å². The van der Waals surface area contributed by atoms with Gasteiger partial charge in [-0.05, 0) is 27.7 Å². The zero-order valence-corrected chi connectivity index (χ0v) is 11.4. The maximum Gasteiger partial charge on any atom is 0.313 e. The van der Waals surface area contributed by atoms with Crippen molar-refractivity contribution >= 4 is 11.8 Å². The summed E-state index contributed by atoms with van der Waals surface area (Å²) < 4.78 is 15.1. The molecule has 0 unspecified atom stereocenters. The molecule has 0 bridgehead atoms. The first-order valence-corrected chi connectivity index (χ1v) is 5.51. The molecule has 100 valence electrons. The Bertz CT molecular complexity index is 267. The van der Waals surface area contributed by atoms with Crippen molar-refractivity contribution in [2.75, 3.05) is 14.2 Å². The largest absolute Gasteiger partial charge is 0.460 e. The molecule has 0 aliphatic rings. The first-order valence-electron chi connectivity index (χ1n) is 5.51. The fourth-order valence-electron chi connectivity index (χ4n) is 1.33. The lowest BCUT2D eigenvalue weighted by Gasteiger charge is -2.22. The van der Waals surface area contributed by atoms with Crippen LogP contribution in [-0.4, -0.2) is 43.8 Å². The number of rotatable bonds is 6. The van der Waals surface area contributed by atoms with Gasteiger partial charge in [0.1, 0.15) is 18.1 Å². The smallest absolute Gasteiger partial charge is 0.313 e. The molecule has 5 heteroatoms. The van der Waals surface area contributed by atoms with Crippen LogP contribution in [0.3, 0.4) is 0 Å². The van der Waals surface area contributed by atoms with Gasteiger partial charge >= 0.3 is 5.97 Å². The average molecular weight is 246 g/mol. The molecule has 2 atom stereocenters. The highest BCUT2D eigenvalue weighted by Crippen LogP contribution is 2.11. The molecule has 0 aliphatic heterocycles. The summed E-state index contributed by atoms with van der Waals surface area (Å²) in [7, 11) is 2.89. The predicted octanol–water partition coefficient (Wildman–Crippen LogP) is 1.34. The number of hydrogen-bond donors (Lipinski definition) is 0. The minimum atomic E-state index is -0.743. The van der Waals surface area contributed by atoms with Crippen LogP contribution in [0.5, 0.6) is 0 Å². The molecule has 0 radical (unpaired) electrons. The summed E-state index contributed by atoms with van der Waals surface area (Å²) in [5.41, 5.74) is -0.590. The Balaban J connectivity index is 4.37. The SMILES string of the molecule is CO[C@@H](C)[C@H](OC)C(=O)CC(=O)OC(C)(C)C. The Morgan fingerprint density at radius 1 is 1.12 bits per heavy atom. The van der Waals surface area contributed by atoms with E-state index in [1.54, 1.807) is 27.7 Å². The maximum atomic E-state index is 11.8. The summed E-state index contributed by atoms with van der Waals surface area (Å²) in [6, 6.07) is 0. The quantitative estimate of drug-likeness (QED) is 0.522. The van der Waals surface area contributed by atoms with E-state index in [1.807, 2.05) is 0 Å². The standard InChI is InChI=1S/C12H22O5/c1-8(15-5)11(16-6)9(13)7-10(14)17-12(2,3)4/h8,11H,7H2,1-6H3/t8-,11-/m0/s1. The lowest BCUT2D eigenvalue weighted by molar-refractivity contribution is -0.158. The van der Waals surface area contributed by atoms with Crippen LogP contribution in [0.25, 0.3) is 0 Å². The van der Waals surface area contributed by atoms with Crippen molar-refractivity contribution in [3.63, 3.8) is 0 Å². The normalized spacial score (nSPS) is 15.2. The number of methoxy groups -OCH3 is 2. The van der Waals surface area contributed by atoms with Crippen molar-refractivity contribution in [1.29, 1.82) is 0 Å². The Hall–Kier alpha value is -0.940. The first kappa shape index (κ1) is 16.1. The fraction of sp³-hybridized carbons (Fsp3) is 0.833. The molecule has 5 nitrogen and oxygen atoms in total. The number of esters is 1. The van der Waals surface area contributed by atoms with Crippen molar-refractivity contribution in [3.05, 3.63) is 0 Å². The van der Waals surface area contributed by atoms with Crippen LogP contribution in [0.1, 0.15) is 34.1 Å². The van der Waals surface area contributed by atoms with Crippen LogP contribution in [0.4, 0.5) is 0 Å². The van der Waals surface area contributed by atoms with E-state index in [1.165, 1.54) is 14.2 Å². The van der Waals surface area contributed by atoms with Crippen LogP contribution in [0, 0.1) is 0 Å². The third-order valence-corrected chi connectivity index (χ3v) is 2.11. The van der Waals surface area contributed by atoms with Crippen molar-refractivity contribution in [2.24, 2.45) is 0 Å². The van der Waals surface area contributed by atoms with E-state index >= 15 is 0 Å². The summed E-state index contributed by atoms with van der Waals surface area (Å²) in [6.07, 6.45) is -1.44. The second-order valence-electron chi connectivity index (χ2n) is 4.83. The summed E-state index contributed by atoms with van der Waals surface area (Å²) in [4.78, 5) is 23.2. The van der Waals surface area contributed by atoms with Gasteiger partial charge in [-0.15, -0.1) is 0 Å². The van der Waals surface area contributed by atoms with E-state index in [0.29, 0.717) is 0 Å². The molecule has 0 spiro atoms. The number of ketones is 1. The van der Waals surface area contributed by atoms with Crippen molar-refractivity contribution in [1.82, 2.24) is 0 Å². The highest BCUT2D eigenvalue weighted by atomic mass is 16.6. The molecule has 0 aromatic rings. The summed E-state index contributed by atoms with van der Waals surface area (Å²) in [5, 5.41) is 0. The first-order chi connectivity index (χ1) is 7.71. The molecule has 17 heavy (non-hydrogen) atoms. The Labute approximate surface area is 102 Å². The van der Waals surface area contributed by atoms with Gasteiger partial charge in [0.25, 0.3) is 0 Å². The van der Waals surface area contributed by atoms with Gasteiger partial charge in [-0.25, -0.2) is 0 Å². The molecule has 0 saturated carbocycles. The third kappa shape index (κ3) is 6.38. The van der Waals surface area contributed by atoms with Gasteiger partial charge in [-0.3, -0.25) is 9.59 Å². The van der Waals surface area contributed by atoms with Gasteiger partial charge in [-0.1, -0.05) is 0 Å². The molecular weight excluding hydrogens is 224 g/mol. The van der Waals surface area contributed by atoms with Gasteiger partial charge in [0.05, 0.1) is 6.10 Å². The van der Waals surface area contributed by atoms with E-state index in [-0.39, 0.29) is 12.2 Å². The van der Waals surface area contributed by atoms with Gasteiger partial charge in [0.15, 0.2) is 5.78 Å². The second-order valence-corrected chi connectivity index (χ2v) is 4.83. The van der Waals surface area contributed by atoms with Gasteiger partial charge < -0.3 is 14.2 Å². The number of carbonyl (C=O) groups is 2. The Morgan fingerprint density at radius 2 is 1.65 bits per heavy atom. The van der Waals surface area contributed by atoms with E-state index in [9.17, 15) is 9.59 Å². The van der Waals surface area contributed by atoms with Crippen molar-refractivity contribution < 1.29 is 23.8 Å². The minimum absolute atomic E-state index is 0.302. The van der Waals surface area contributed by atoms with Crippen LogP contribution >= 0.6 is 0 Å². The number of Topliss-reactive ketones (excluding diaryl/α,β-unsaturated/α-hetero) is 1.